The Hall–Kier alpha value is -5.59. The highest BCUT2D eigenvalue weighted by atomic mass is 28.3. The van der Waals surface area contributed by atoms with Gasteiger partial charge in [0.15, 0.2) is 8.07 Å². The molecule has 0 fully saturated rings. The molecule has 0 bridgehead atoms. The van der Waals surface area contributed by atoms with Crippen LogP contribution in [-0.2, 0) is 0 Å². The highest BCUT2D eigenvalue weighted by Gasteiger charge is 2.50. The minimum atomic E-state index is -2.72. The molecular formula is C39H29BN4Si. The molecule has 0 spiro atoms. The second kappa shape index (κ2) is 10.3. The fraction of sp³-hybridized carbons (Fsp3) is 0. The second-order valence-corrected chi connectivity index (χ2v) is 15.5. The summed E-state index contributed by atoms with van der Waals surface area (Å²) in [4.78, 5) is 9.81. The summed E-state index contributed by atoms with van der Waals surface area (Å²) < 4.78 is 2.31. The second-order valence-electron chi connectivity index (χ2n) is 11.6. The van der Waals surface area contributed by atoms with Gasteiger partial charge in [0.2, 0.25) is 0 Å². The van der Waals surface area contributed by atoms with Crippen molar-refractivity contribution in [2.45, 2.75) is 0 Å². The van der Waals surface area contributed by atoms with Crippen molar-refractivity contribution in [2.24, 2.45) is 0 Å². The quantitative estimate of drug-likeness (QED) is 0.179. The van der Waals surface area contributed by atoms with Crippen molar-refractivity contribution >= 4 is 58.7 Å². The minimum Gasteiger partial charge on any atom is -0.344 e. The maximum Gasteiger partial charge on any atom is 0.519 e. The van der Waals surface area contributed by atoms with E-state index in [0.717, 1.165) is 17.1 Å². The summed E-state index contributed by atoms with van der Waals surface area (Å²) >= 11 is 0. The molecule has 45 heavy (non-hydrogen) atoms. The van der Waals surface area contributed by atoms with E-state index in [-0.39, 0.29) is 7.12 Å². The Morgan fingerprint density at radius 1 is 0.467 bits per heavy atom. The first-order valence-electron chi connectivity index (χ1n) is 15.4. The van der Waals surface area contributed by atoms with E-state index >= 15 is 0 Å². The zero-order valence-corrected chi connectivity index (χ0v) is 25.6. The van der Waals surface area contributed by atoms with Crippen LogP contribution < -0.4 is 30.4 Å². The first-order valence-corrected chi connectivity index (χ1v) is 17.4. The lowest BCUT2D eigenvalue weighted by Crippen LogP contribution is -2.74. The standard InChI is InChI=1S/C39H29BN4Si/c1-5-15-30(16-6-1)43-37-26-25-34(29-38(37)44-36-24-14-13-23-35(36)39-41-27-28-42(39)40(43)44)45(31-17-7-2-8-18-31,32-19-9-3-10-20-32)33-21-11-4-12-22-33/h1-29H. The normalized spacial score (nSPS) is 13.2. The topological polar surface area (TPSA) is 24.3 Å². The smallest absolute Gasteiger partial charge is 0.344 e. The zero-order valence-electron chi connectivity index (χ0n) is 24.6. The molecule has 0 saturated carbocycles. The Balaban J connectivity index is 1.36. The SMILES string of the molecule is c1ccc(N2B3N(c4ccccc4-c4nccn43)c3cc([Si](c4ccccc4)(c4ccccc4)c4ccccc4)ccc32)cc1. The van der Waals surface area contributed by atoms with Gasteiger partial charge in [-0.15, -0.1) is 0 Å². The van der Waals surface area contributed by atoms with Gasteiger partial charge in [0, 0.05) is 29.3 Å². The first kappa shape index (κ1) is 25.9. The summed E-state index contributed by atoms with van der Waals surface area (Å²) in [6.45, 7) is 0. The van der Waals surface area contributed by atoms with Crippen LogP contribution in [0.3, 0.4) is 0 Å². The summed E-state index contributed by atoms with van der Waals surface area (Å²) in [5.41, 5.74) is 5.85. The lowest BCUT2D eigenvalue weighted by Gasteiger charge is -2.36. The third kappa shape index (κ3) is 3.76. The summed E-state index contributed by atoms with van der Waals surface area (Å²) in [5.74, 6) is 0.988. The molecule has 4 nitrogen and oxygen atoms in total. The number of fused-ring (bicyclic) bond motifs is 8. The summed E-state index contributed by atoms with van der Waals surface area (Å²) in [6, 6.07) is 60.1. The molecule has 0 unspecified atom stereocenters. The van der Waals surface area contributed by atoms with Crippen LogP contribution in [0.1, 0.15) is 0 Å². The Labute approximate surface area is 264 Å². The third-order valence-corrected chi connectivity index (χ3v) is 14.1. The van der Waals surface area contributed by atoms with Crippen LogP contribution in [0.25, 0.3) is 11.4 Å². The molecule has 0 saturated heterocycles. The molecule has 7 aromatic rings. The number of benzene rings is 6. The number of rotatable bonds is 5. The van der Waals surface area contributed by atoms with Gasteiger partial charge in [-0.25, -0.2) is 4.98 Å². The predicted octanol–water partition coefficient (Wildman–Crippen LogP) is 6.06. The Bertz CT molecular complexity index is 2040. The van der Waals surface area contributed by atoms with Crippen molar-refractivity contribution in [3.63, 3.8) is 0 Å². The van der Waals surface area contributed by atoms with E-state index < -0.39 is 8.07 Å². The Kier molecular flexibility index (Phi) is 5.89. The number of hydrogen-bond acceptors (Lipinski definition) is 3. The monoisotopic (exact) mass is 592 g/mol. The number of imidazole rings is 1. The van der Waals surface area contributed by atoms with E-state index in [1.807, 2.05) is 6.20 Å². The molecule has 6 aromatic carbocycles. The zero-order chi connectivity index (χ0) is 29.8. The average molecular weight is 593 g/mol. The largest absolute Gasteiger partial charge is 0.519 e. The van der Waals surface area contributed by atoms with E-state index in [0.29, 0.717) is 0 Å². The molecule has 9 rings (SSSR count). The number of nitrogens with zero attached hydrogens (tertiary/aromatic N) is 4. The van der Waals surface area contributed by atoms with Crippen molar-refractivity contribution in [3.05, 3.63) is 176 Å². The summed E-state index contributed by atoms with van der Waals surface area (Å²) in [6.07, 6.45) is 4.04. The van der Waals surface area contributed by atoms with Gasteiger partial charge >= 0.3 is 7.12 Å². The maximum absolute atomic E-state index is 4.84. The number of anilines is 4. The van der Waals surface area contributed by atoms with E-state index in [1.54, 1.807) is 0 Å². The van der Waals surface area contributed by atoms with Crippen LogP contribution in [-0.4, -0.2) is 24.7 Å². The molecule has 212 valence electrons. The van der Waals surface area contributed by atoms with Gasteiger partial charge in [-0.1, -0.05) is 127 Å². The van der Waals surface area contributed by atoms with Crippen LogP contribution >= 0.6 is 0 Å². The van der Waals surface area contributed by atoms with E-state index in [4.69, 9.17) is 4.98 Å². The van der Waals surface area contributed by atoms with Gasteiger partial charge in [0.25, 0.3) is 0 Å². The van der Waals surface area contributed by atoms with Crippen molar-refractivity contribution in [2.75, 3.05) is 9.62 Å². The summed E-state index contributed by atoms with van der Waals surface area (Å²) in [5, 5.41) is 5.46. The fourth-order valence-corrected chi connectivity index (χ4v) is 12.3. The van der Waals surface area contributed by atoms with Crippen LogP contribution in [0.2, 0.25) is 0 Å². The molecule has 2 aliphatic rings. The average Bonchev–Trinajstić information content (AvgIpc) is 3.74. The lowest BCUT2D eigenvalue weighted by atomic mass is 9.82. The van der Waals surface area contributed by atoms with Crippen LogP contribution in [0.5, 0.6) is 0 Å². The number of para-hydroxylation sites is 2. The molecule has 6 heteroatoms. The Morgan fingerprint density at radius 3 is 1.64 bits per heavy atom. The van der Waals surface area contributed by atoms with Crippen molar-refractivity contribution in [1.29, 1.82) is 0 Å². The van der Waals surface area contributed by atoms with Crippen molar-refractivity contribution in [1.82, 2.24) is 9.46 Å². The van der Waals surface area contributed by atoms with Gasteiger partial charge < -0.3 is 14.1 Å². The van der Waals surface area contributed by atoms with Gasteiger partial charge in [0.05, 0.1) is 11.4 Å². The molecule has 0 atom stereocenters. The molecule has 0 N–H and O–H groups in total. The lowest BCUT2D eigenvalue weighted by molar-refractivity contribution is 1.09. The van der Waals surface area contributed by atoms with Crippen LogP contribution in [0.15, 0.2) is 176 Å². The van der Waals surface area contributed by atoms with E-state index in [9.17, 15) is 0 Å². The van der Waals surface area contributed by atoms with Crippen LogP contribution in [0, 0.1) is 0 Å². The molecule has 0 aliphatic carbocycles. The minimum absolute atomic E-state index is 0.119. The summed E-state index contributed by atoms with van der Waals surface area (Å²) in [7, 11) is -2.83. The molecule has 0 amide bonds. The Morgan fingerprint density at radius 2 is 1.02 bits per heavy atom. The molecule has 3 heterocycles. The van der Waals surface area contributed by atoms with Crippen molar-refractivity contribution < 1.29 is 0 Å². The third-order valence-electron chi connectivity index (χ3n) is 9.37. The van der Waals surface area contributed by atoms with E-state index in [1.165, 1.54) is 37.8 Å². The highest BCUT2D eigenvalue weighted by Crippen LogP contribution is 2.51. The van der Waals surface area contributed by atoms with Gasteiger partial charge in [-0.2, -0.15) is 0 Å². The van der Waals surface area contributed by atoms with Gasteiger partial charge in [-0.05, 0) is 57.1 Å². The molecule has 0 radical (unpaired) electrons. The fourth-order valence-electron chi connectivity index (χ4n) is 7.53. The predicted molar refractivity (Wildman–Crippen MR) is 190 cm³/mol. The van der Waals surface area contributed by atoms with E-state index in [2.05, 4.69) is 184 Å². The number of aromatic nitrogens is 2. The van der Waals surface area contributed by atoms with Crippen LogP contribution in [0.4, 0.5) is 22.7 Å². The number of hydrogen-bond donors (Lipinski definition) is 0. The van der Waals surface area contributed by atoms with Gasteiger partial charge in [0.1, 0.15) is 5.82 Å². The van der Waals surface area contributed by atoms with Gasteiger partial charge in [-0.3, -0.25) is 0 Å². The highest BCUT2D eigenvalue weighted by molar-refractivity contribution is 7.20. The molecule has 2 aliphatic heterocycles. The van der Waals surface area contributed by atoms with Crippen molar-refractivity contribution in [3.8, 4) is 11.4 Å². The first-order chi connectivity index (χ1) is 22.4. The maximum atomic E-state index is 4.84. The molecular weight excluding hydrogens is 563 g/mol. The molecule has 1 aromatic heterocycles.